The summed E-state index contributed by atoms with van der Waals surface area (Å²) in [4.78, 5) is 36.5. The Morgan fingerprint density at radius 1 is 1.21 bits per heavy atom. The third-order valence-corrected chi connectivity index (χ3v) is 5.17. The van der Waals surface area contributed by atoms with Gasteiger partial charge < -0.3 is 13.7 Å². The van der Waals surface area contributed by atoms with Crippen LogP contribution in [0.5, 0.6) is 0 Å². The maximum Gasteiger partial charge on any atom is 0.419 e. The van der Waals surface area contributed by atoms with Crippen LogP contribution in [0.3, 0.4) is 0 Å². The lowest BCUT2D eigenvalue weighted by molar-refractivity contribution is -0.142. The van der Waals surface area contributed by atoms with Crippen LogP contribution in [-0.2, 0) is 16.1 Å². The Hall–Kier alpha value is -3.09. The van der Waals surface area contributed by atoms with Crippen LogP contribution in [0.1, 0.15) is 47.1 Å². The summed E-state index contributed by atoms with van der Waals surface area (Å²) in [6, 6.07) is 9.37. The molecule has 0 radical (unpaired) electrons. The number of esters is 1. The summed E-state index contributed by atoms with van der Waals surface area (Å²) in [5, 5.41) is 0. The molecule has 7 nitrogen and oxygen atoms in total. The van der Waals surface area contributed by atoms with Crippen molar-refractivity contribution in [3.63, 3.8) is 0 Å². The molecule has 4 rings (SSSR count). The minimum absolute atomic E-state index is 0.0161. The molecule has 0 saturated heterocycles. The van der Waals surface area contributed by atoms with E-state index in [1.807, 2.05) is 19.9 Å². The van der Waals surface area contributed by atoms with E-state index in [2.05, 4.69) is 4.57 Å². The normalized spacial score (nSPS) is 13.8. The molecule has 1 aromatic carbocycles. The molecule has 2 aromatic heterocycles. The van der Waals surface area contributed by atoms with E-state index in [4.69, 9.17) is 9.15 Å². The predicted octanol–water partition coefficient (Wildman–Crippen LogP) is 3.16. The summed E-state index contributed by atoms with van der Waals surface area (Å²) >= 11 is 0. The molecule has 7 heteroatoms. The van der Waals surface area contributed by atoms with Crippen LogP contribution in [0.4, 0.5) is 0 Å². The second kappa shape index (κ2) is 7.14. The number of Topliss-reactive ketones (excluding diaryl/α,β-unsaturated/α-hetero) is 1. The van der Waals surface area contributed by atoms with Crippen molar-refractivity contribution in [3.8, 4) is 0 Å². The van der Waals surface area contributed by atoms with Gasteiger partial charge in [-0.05, 0) is 44.9 Å². The lowest BCUT2D eigenvalue weighted by Crippen LogP contribution is -2.19. The number of fused-ring (bicyclic) bond motifs is 1. The number of nitrogens with zero attached hydrogens (tertiary/aromatic N) is 2. The van der Waals surface area contributed by atoms with Gasteiger partial charge in [0.1, 0.15) is 0 Å². The largest absolute Gasteiger partial charge is 0.457 e. The quantitative estimate of drug-likeness (QED) is 0.463. The van der Waals surface area contributed by atoms with Gasteiger partial charge in [0.2, 0.25) is 5.78 Å². The van der Waals surface area contributed by atoms with Crippen LogP contribution in [0.2, 0.25) is 0 Å². The summed E-state index contributed by atoms with van der Waals surface area (Å²) < 4.78 is 13.9. The highest BCUT2D eigenvalue weighted by Gasteiger charge is 2.28. The Labute approximate surface area is 161 Å². The topological polar surface area (TPSA) is 83.4 Å². The minimum atomic E-state index is -0.526. The summed E-state index contributed by atoms with van der Waals surface area (Å²) in [6.45, 7) is 3.76. The zero-order chi connectivity index (χ0) is 19.8. The number of aryl methyl sites for hydroxylation is 2. The van der Waals surface area contributed by atoms with Crippen LogP contribution >= 0.6 is 0 Å². The van der Waals surface area contributed by atoms with Gasteiger partial charge in [-0.15, -0.1) is 0 Å². The van der Waals surface area contributed by atoms with E-state index in [0.29, 0.717) is 22.7 Å². The number of carbonyl (C=O) groups excluding carboxylic acids is 2. The molecule has 2 heterocycles. The highest BCUT2D eigenvalue weighted by Crippen LogP contribution is 2.38. The summed E-state index contributed by atoms with van der Waals surface area (Å²) in [7, 11) is 0. The maximum atomic E-state index is 12.5. The number of rotatable bonds is 7. The summed E-state index contributed by atoms with van der Waals surface area (Å²) in [5.41, 5.74) is 3.69. The van der Waals surface area contributed by atoms with Crippen molar-refractivity contribution >= 4 is 22.9 Å². The molecule has 0 N–H and O–H groups in total. The number of hydrogen-bond acceptors (Lipinski definition) is 5. The van der Waals surface area contributed by atoms with E-state index in [1.54, 1.807) is 24.3 Å². The highest BCUT2D eigenvalue weighted by atomic mass is 16.5. The van der Waals surface area contributed by atoms with Gasteiger partial charge in [-0.1, -0.05) is 12.1 Å². The molecule has 1 saturated carbocycles. The Bertz CT molecular complexity index is 1110. The van der Waals surface area contributed by atoms with Crippen molar-refractivity contribution in [3.05, 3.63) is 57.8 Å². The molecule has 1 aliphatic rings. The number of benzene rings is 1. The molecule has 146 valence electrons. The number of oxazole rings is 1. The molecule has 0 amide bonds. The van der Waals surface area contributed by atoms with E-state index in [0.717, 1.165) is 24.2 Å². The Kier molecular flexibility index (Phi) is 4.66. The molecular formula is C21H22N2O5. The first kappa shape index (κ1) is 18.3. The number of aromatic nitrogens is 2. The molecule has 1 aliphatic carbocycles. The molecule has 3 aromatic rings. The van der Waals surface area contributed by atoms with E-state index < -0.39 is 11.7 Å². The van der Waals surface area contributed by atoms with E-state index in [-0.39, 0.29) is 25.4 Å². The van der Waals surface area contributed by atoms with Gasteiger partial charge in [0.05, 0.1) is 11.9 Å². The van der Waals surface area contributed by atoms with Crippen molar-refractivity contribution in [2.45, 2.75) is 45.7 Å². The first-order valence-electron chi connectivity index (χ1n) is 9.41. The lowest BCUT2D eigenvalue weighted by atomic mass is 10.1. The molecule has 0 bridgehead atoms. The third-order valence-electron chi connectivity index (χ3n) is 5.17. The smallest absolute Gasteiger partial charge is 0.419 e. The standard InChI is InChI=1S/C21H22N2O5/c1-13-11-16(14(2)23(13)15-7-8-15)18(24)12-27-20(25)9-10-22-17-5-3-4-6-19(17)28-21(22)26/h3-6,11,15H,7-10,12H2,1-2H3. The van der Waals surface area contributed by atoms with Crippen molar-refractivity contribution in [2.24, 2.45) is 0 Å². The van der Waals surface area contributed by atoms with Gasteiger partial charge in [0, 0.05) is 29.5 Å². The first-order valence-corrected chi connectivity index (χ1v) is 9.41. The fourth-order valence-electron chi connectivity index (χ4n) is 3.68. The third kappa shape index (κ3) is 3.40. The number of ketones is 1. The van der Waals surface area contributed by atoms with Crippen LogP contribution in [-0.4, -0.2) is 27.5 Å². The molecular weight excluding hydrogens is 360 g/mol. The van der Waals surface area contributed by atoms with E-state index in [1.165, 1.54) is 4.57 Å². The fraction of sp³-hybridized carbons (Fsp3) is 0.381. The fourth-order valence-corrected chi connectivity index (χ4v) is 3.68. The minimum Gasteiger partial charge on any atom is -0.457 e. The Morgan fingerprint density at radius 3 is 2.71 bits per heavy atom. The molecule has 1 fully saturated rings. The van der Waals surface area contributed by atoms with Gasteiger partial charge in [-0.3, -0.25) is 14.2 Å². The van der Waals surface area contributed by atoms with Crippen LogP contribution < -0.4 is 5.76 Å². The van der Waals surface area contributed by atoms with Crippen LogP contribution in [0, 0.1) is 13.8 Å². The number of para-hydroxylation sites is 2. The van der Waals surface area contributed by atoms with Crippen molar-refractivity contribution < 1.29 is 18.7 Å². The number of ether oxygens (including phenoxy) is 1. The average molecular weight is 382 g/mol. The SMILES string of the molecule is Cc1cc(C(=O)COC(=O)CCn2c(=O)oc3ccccc32)c(C)n1C1CC1. The second-order valence-electron chi connectivity index (χ2n) is 7.21. The van der Waals surface area contributed by atoms with Gasteiger partial charge in [0.25, 0.3) is 0 Å². The van der Waals surface area contributed by atoms with Crippen LogP contribution in [0.15, 0.2) is 39.5 Å². The lowest BCUT2D eigenvalue weighted by Gasteiger charge is -2.08. The van der Waals surface area contributed by atoms with Gasteiger partial charge in [-0.2, -0.15) is 0 Å². The van der Waals surface area contributed by atoms with E-state index in [9.17, 15) is 14.4 Å². The molecule has 28 heavy (non-hydrogen) atoms. The van der Waals surface area contributed by atoms with Gasteiger partial charge >= 0.3 is 11.7 Å². The van der Waals surface area contributed by atoms with Crippen molar-refractivity contribution in [1.82, 2.24) is 9.13 Å². The predicted molar refractivity (Wildman–Crippen MR) is 103 cm³/mol. The average Bonchev–Trinajstić information content (AvgIpc) is 3.38. The summed E-state index contributed by atoms with van der Waals surface area (Å²) in [5.74, 6) is -1.25. The first-order chi connectivity index (χ1) is 13.5. The maximum absolute atomic E-state index is 12.5. The number of carbonyl (C=O) groups is 2. The van der Waals surface area contributed by atoms with Crippen LogP contribution in [0.25, 0.3) is 11.1 Å². The summed E-state index contributed by atoms with van der Waals surface area (Å²) in [6.07, 6.45) is 2.26. The highest BCUT2D eigenvalue weighted by molar-refractivity contribution is 5.99. The molecule has 0 atom stereocenters. The van der Waals surface area contributed by atoms with E-state index >= 15 is 0 Å². The second-order valence-corrected chi connectivity index (χ2v) is 7.21. The monoisotopic (exact) mass is 382 g/mol. The molecule has 0 aliphatic heterocycles. The molecule has 0 unspecified atom stereocenters. The van der Waals surface area contributed by atoms with Gasteiger partial charge in [-0.25, -0.2) is 4.79 Å². The van der Waals surface area contributed by atoms with Gasteiger partial charge in [0.15, 0.2) is 12.2 Å². The van der Waals surface area contributed by atoms with Crippen molar-refractivity contribution in [2.75, 3.05) is 6.61 Å². The zero-order valence-corrected chi connectivity index (χ0v) is 15.9. The Morgan fingerprint density at radius 2 is 1.96 bits per heavy atom. The molecule has 0 spiro atoms. The van der Waals surface area contributed by atoms with Crippen molar-refractivity contribution in [1.29, 1.82) is 0 Å². The Balaban J connectivity index is 1.36. The number of hydrogen-bond donors (Lipinski definition) is 0. The zero-order valence-electron chi connectivity index (χ0n) is 15.9.